The number of halogens is 1. The number of carbonyl (C=O) groups excluding carboxylic acids is 1. The van der Waals surface area contributed by atoms with Crippen LogP contribution in [0.25, 0.3) is 11.1 Å². The van der Waals surface area contributed by atoms with Gasteiger partial charge in [-0.3, -0.25) is 4.68 Å². The SMILES string of the molecule is CC(C)(C)OC(=O)N1CC(Cn2cc(-c3ccc(C#N)cc3F)cn2)C1. The van der Waals surface area contributed by atoms with Crippen molar-refractivity contribution in [1.29, 1.82) is 5.26 Å². The number of ether oxygens (including phenoxy) is 1. The number of hydrogen-bond donors (Lipinski definition) is 0. The Balaban J connectivity index is 1.58. The van der Waals surface area contributed by atoms with Crippen LogP contribution in [0.2, 0.25) is 0 Å². The molecule has 3 rings (SSSR count). The van der Waals surface area contributed by atoms with Crippen molar-refractivity contribution in [3.8, 4) is 17.2 Å². The Morgan fingerprint density at radius 2 is 2.15 bits per heavy atom. The molecule has 0 saturated carbocycles. The summed E-state index contributed by atoms with van der Waals surface area (Å²) in [5.41, 5.74) is 0.870. The van der Waals surface area contributed by atoms with E-state index in [1.165, 1.54) is 6.07 Å². The van der Waals surface area contributed by atoms with Crippen LogP contribution in [0.1, 0.15) is 26.3 Å². The van der Waals surface area contributed by atoms with Crippen molar-refractivity contribution in [3.05, 3.63) is 42.0 Å². The molecule has 7 heteroatoms. The zero-order valence-electron chi connectivity index (χ0n) is 15.1. The average Bonchev–Trinajstić information content (AvgIpc) is 2.96. The van der Waals surface area contributed by atoms with Gasteiger partial charge < -0.3 is 9.64 Å². The number of benzene rings is 1. The lowest BCUT2D eigenvalue weighted by Crippen LogP contribution is -2.52. The zero-order valence-corrected chi connectivity index (χ0v) is 15.1. The van der Waals surface area contributed by atoms with Crippen LogP contribution in [-0.2, 0) is 11.3 Å². The van der Waals surface area contributed by atoms with Crippen LogP contribution in [-0.4, -0.2) is 39.5 Å². The van der Waals surface area contributed by atoms with Crippen LogP contribution in [0.5, 0.6) is 0 Å². The molecule has 0 radical (unpaired) electrons. The second-order valence-electron chi connectivity index (χ2n) is 7.51. The molecule has 0 bridgehead atoms. The number of nitriles is 1. The minimum absolute atomic E-state index is 0.287. The smallest absolute Gasteiger partial charge is 0.410 e. The number of hydrogen-bond acceptors (Lipinski definition) is 4. The van der Waals surface area contributed by atoms with Gasteiger partial charge in [-0.1, -0.05) is 6.07 Å². The van der Waals surface area contributed by atoms with Crippen molar-refractivity contribution in [2.75, 3.05) is 13.1 Å². The van der Waals surface area contributed by atoms with Gasteiger partial charge in [0.2, 0.25) is 0 Å². The Kier molecular flexibility index (Phi) is 4.68. The van der Waals surface area contributed by atoms with E-state index >= 15 is 0 Å². The average molecular weight is 356 g/mol. The summed E-state index contributed by atoms with van der Waals surface area (Å²) in [7, 11) is 0. The van der Waals surface area contributed by atoms with Gasteiger partial charge in [0.15, 0.2) is 0 Å². The predicted octanol–water partition coefficient (Wildman–Crippen LogP) is 3.43. The van der Waals surface area contributed by atoms with Crippen LogP contribution in [0.15, 0.2) is 30.6 Å². The molecule has 1 aliphatic heterocycles. The Labute approximate surface area is 151 Å². The highest BCUT2D eigenvalue weighted by Crippen LogP contribution is 2.25. The van der Waals surface area contributed by atoms with Crippen LogP contribution in [0.3, 0.4) is 0 Å². The van der Waals surface area contributed by atoms with Gasteiger partial charge in [-0.15, -0.1) is 0 Å². The first-order valence-corrected chi connectivity index (χ1v) is 8.45. The maximum absolute atomic E-state index is 14.1. The molecular formula is C19H21FN4O2. The number of likely N-dealkylation sites (tertiary alicyclic amines) is 1. The predicted molar refractivity (Wildman–Crippen MR) is 93.6 cm³/mol. The largest absolute Gasteiger partial charge is 0.444 e. The second kappa shape index (κ2) is 6.79. The molecule has 0 unspecified atom stereocenters. The lowest BCUT2D eigenvalue weighted by molar-refractivity contribution is -0.00383. The lowest BCUT2D eigenvalue weighted by Gasteiger charge is -2.39. The molecule has 6 nitrogen and oxygen atoms in total. The van der Waals surface area contributed by atoms with E-state index in [0.717, 1.165) is 0 Å². The maximum Gasteiger partial charge on any atom is 0.410 e. The van der Waals surface area contributed by atoms with Crippen molar-refractivity contribution in [2.45, 2.75) is 32.9 Å². The Hall–Kier alpha value is -2.88. The number of amides is 1. The zero-order chi connectivity index (χ0) is 18.9. The first-order chi connectivity index (χ1) is 12.2. The van der Waals surface area contributed by atoms with E-state index in [4.69, 9.17) is 10.00 Å². The summed E-state index contributed by atoms with van der Waals surface area (Å²) in [5.74, 6) is -0.149. The fraction of sp³-hybridized carbons (Fsp3) is 0.421. The molecule has 1 aromatic heterocycles. The Bertz CT molecular complexity index is 857. The summed E-state index contributed by atoms with van der Waals surface area (Å²) in [6, 6.07) is 6.31. The topological polar surface area (TPSA) is 71.2 Å². The summed E-state index contributed by atoms with van der Waals surface area (Å²) in [5, 5.41) is 13.1. The summed E-state index contributed by atoms with van der Waals surface area (Å²) in [6.07, 6.45) is 3.09. The molecule has 1 saturated heterocycles. The molecule has 0 spiro atoms. The van der Waals surface area contributed by atoms with E-state index in [2.05, 4.69) is 5.10 Å². The quantitative estimate of drug-likeness (QED) is 0.845. The van der Waals surface area contributed by atoms with Gasteiger partial charge in [-0.05, 0) is 32.9 Å². The van der Waals surface area contributed by atoms with E-state index in [1.54, 1.807) is 34.1 Å². The van der Waals surface area contributed by atoms with E-state index < -0.39 is 11.4 Å². The molecule has 0 aliphatic carbocycles. The summed E-state index contributed by atoms with van der Waals surface area (Å²) in [6.45, 7) is 7.42. The fourth-order valence-electron chi connectivity index (χ4n) is 2.85. The molecule has 2 aromatic rings. The van der Waals surface area contributed by atoms with Gasteiger partial charge in [-0.25, -0.2) is 9.18 Å². The first-order valence-electron chi connectivity index (χ1n) is 8.45. The molecule has 1 fully saturated rings. The van der Waals surface area contributed by atoms with Crippen LogP contribution in [0, 0.1) is 23.1 Å². The lowest BCUT2D eigenvalue weighted by atomic mass is 10.0. The maximum atomic E-state index is 14.1. The second-order valence-corrected chi connectivity index (χ2v) is 7.51. The van der Waals surface area contributed by atoms with Crippen molar-refractivity contribution in [1.82, 2.24) is 14.7 Å². The molecule has 136 valence electrons. The third-order valence-corrected chi connectivity index (χ3v) is 4.10. The van der Waals surface area contributed by atoms with Gasteiger partial charge in [0.25, 0.3) is 0 Å². The highest BCUT2D eigenvalue weighted by atomic mass is 19.1. The molecule has 0 atom stereocenters. The summed E-state index contributed by atoms with van der Waals surface area (Å²) < 4.78 is 21.2. The molecule has 1 aliphatic rings. The van der Waals surface area contributed by atoms with Crippen molar-refractivity contribution in [3.63, 3.8) is 0 Å². The Morgan fingerprint density at radius 3 is 2.77 bits per heavy atom. The monoisotopic (exact) mass is 356 g/mol. The Morgan fingerprint density at radius 1 is 1.42 bits per heavy atom. The van der Waals surface area contributed by atoms with Gasteiger partial charge in [0, 0.05) is 42.9 Å². The molecular weight excluding hydrogens is 335 g/mol. The normalized spacial score (nSPS) is 14.7. The van der Waals surface area contributed by atoms with E-state index in [0.29, 0.717) is 36.7 Å². The van der Waals surface area contributed by atoms with Gasteiger partial charge in [-0.2, -0.15) is 10.4 Å². The summed E-state index contributed by atoms with van der Waals surface area (Å²) >= 11 is 0. The number of nitrogens with zero attached hydrogens (tertiary/aromatic N) is 4. The molecule has 26 heavy (non-hydrogen) atoms. The minimum atomic E-state index is -0.496. The molecule has 0 N–H and O–H groups in total. The highest BCUT2D eigenvalue weighted by molar-refractivity contribution is 5.69. The van der Waals surface area contributed by atoms with Crippen LogP contribution < -0.4 is 0 Å². The fourth-order valence-corrected chi connectivity index (χ4v) is 2.85. The molecule has 1 amide bonds. The van der Waals surface area contributed by atoms with Crippen molar-refractivity contribution >= 4 is 6.09 Å². The van der Waals surface area contributed by atoms with E-state index in [9.17, 15) is 9.18 Å². The molecule has 1 aromatic carbocycles. The first kappa shape index (κ1) is 17.9. The minimum Gasteiger partial charge on any atom is -0.444 e. The van der Waals surface area contributed by atoms with Gasteiger partial charge in [0.05, 0.1) is 17.8 Å². The number of aromatic nitrogens is 2. The standard InChI is InChI=1S/C19H21FN4O2/c1-19(2,3)26-18(25)23-9-14(10-23)11-24-12-15(8-22-24)16-5-4-13(7-21)6-17(16)20/h4-6,8,12,14H,9-11H2,1-3H3. The van der Waals surface area contributed by atoms with Gasteiger partial charge >= 0.3 is 6.09 Å². The molecule has 2 heterocycles. The van der Waals surface area contributed by atoms with Crippen LogP contribution in [0.4, 0.5) is 9.18 Å². The van der Waals surface area contributed by atoms with Crippen LogP contribution >= 0.6 is 0 Å². The van der Waals surface area contributed by atoms with Gasteiger partial charge in [0.1, 0.15) is 11.4 Å². The van der Waals surface area contributed by atoms with Crippen molar-refractivity contribution in [2.24, 2.45) is 5.92 Å². The number of rotatable bonds is 3. The van der Waals surface area contributed by atoms with E-state index in [-0.39, 0.29) is 11.7 Å². The third-order valence-electron chi connectivity index (χ3n) is 4.10. The van der Waals surface area contributed by atoms with E-state index in [1.807, 2.05) is 26.8 Å². The number of carbonyl (C=O) groups is 1. The third kappa shape index (κ3) is 4.02. The van der Waals surface area contributed by atoms with Crippen molar-refractivity contribution < 1.29 is 13.9 Å². The summed E-state index contributed by atoms with van der Waals surface area (Å²) in [4.78, 5) is 13.6. The highest BCUT2D eigenvalue weighted by Gasteiger charge is 2.33.